The predicted octanol–water partition coefficient (Wildman–Crippen LogP) is 11.0. The third kappa shape index (κ3) is 4.47. The van der Waals surface area contributed by atoms with Crippen molar-refractivity contribution in [1.29, 1.82) is 0 Å². The SMILES string of the molecule is CC(=O)P(=O)(C(C)=O)c1ccc2c(c1)C(C)(C)c1cc(-c3ccc4c(c3)C(C)(C)c3ccccc3N4c3ccc4ccccc4c3)ccc1-2. The molecule has 0 fully saturated rings. The number of nitrogens with zero attached hydrogens (tertiary/aromatic N) is 1. The Morgan fingerprint density at radius 3 is 1.80 bits per heavy atom. The first kappa shape index (κ1) is 31.2. The number of anilines is 3. The molecular formula is C44H38NO3P. The molecule has 2 aliphatic rings. The Kier molecular flexibility index (Phi) is 6.84. The summed E-state index contributed by atoms with van der Waals surface area (Å²) in [6.45, 7) is 11.4. The molecule has 6 aromatic carbocycles. The monoisotopic (exact) mass is 659 g/mol. The molecule has 1 heterocycles. The van der Waals surface area contributed by atoms with Gasteiger partial charge in [0.1, 0.15) is 0 Å². The van der Waals surface area contributed by atoms with Crippen LogP contribution in [0.4, 0.5) is 17.1 Å². The summed E-state index contributed by atoms with van der Waals surface area (Å²) in [6, 6.07) is 42.8. The van der Waals surface area contributed by atoms with E-state index in [2.05, 4.69) is 136 Å². The van der Waals surface area contributed by atoms with E-state index >= 15 is 0 Å². The summed E-state index contributed by atoms with van der Waals surface area (Å²) >= 11 is 0. The van der Waals surface area contributed by atoms with Crippen molar-refractivity contribution >= 4 is 51.3 Å². The van der Waals surface area contributed by atoms with Gasteiger partial charge in [0, 0.05) is 35.7 Å². The highest BCUT2D eigenvalue weighted by Gasteiger charge is 2.41. The Balaban J connectivity index is 1.24. The third-order valence-electron chi connectivity index (χ3n) is 11.0. The summed E-state index contributed by atoms with van der Waals surface area (Å²) in [5, 5.41) is 2.75. The van der Waals surface area contributed by atoms with Crippen molar-refractivity contribution in [3.63, 3.8) is 0 Å². The number of hydrogen-bond acceptors (Lipinski definition) is 4. The first-order valence-electron chi connectivity index (χ1n) is 16.8. The van der Waals surface area contributed by atoms with E-state index < -0.39 is 23.6 Å². The van der Waals surface area contributed by atoms with Crippen LogP contribution in [0.2, 0.25) is 0 Å². The topological polar surface area (TPSA) is 54.5 Å². The highest BCUT2D eigenvalue weighted by Crippen LogP contribution is 2.55. The Hall–Kier alpha value is -5.05. The molecule has 0 spiro atoms. The lowest BCUT2D eigenvalue weighted by Gasteiger charge is -2.42. The number of hydrogen-bond donors (Lipinski definition) is 0. The van der Waals surface area contributed by atoms with Crippen molar-refractivity contribution in [2.45, 2.75) is 52.4 Å². The average molecular weight is 660 g/mol. The summed E-state index contributed by atoms with van der Waals surface area (Å²) in [7, 11) is -3.83. The smallest absolute Gasteiger partial charge is 0.238 e. The Bertz CT molecular complexity index is 2440. The van der Waals surface area contributed by atoms with E-state index in [1.807, 2.05) is 12.1 Å². The van der Waals surface area contributed by atoms with E-state index in [0.29, 0.717) is 5.30 Å². The molecule has 1 aliphatic heterocycles. The quantitative estimate of drug-likeness (QED) is 0.173. The Morgan fingerprint density at radius 1 is 0.531 bits per heavy atom. The number of fused-ring (bicyclic) bond motifs is 6. The molecule has 5 heteroatoms. The molecule has 49 heavy (non-hydrogen) atoms. The number of carbonyl (C=O) groups is 2. The number of para-hydroxylation sites is 1. The summed E-state index contributed by atoms with van der Waals surface area (Å²) < 4.78 is 13.7. The fourth-order valence-corrected chi connectivity index (χ4v) is 9.93. The van der Waals surface area contributed by atoms with Crippen molar-refractivity contribution < 1.29 is 14.2 Å². The van der Waals surface area contributed by atoms with Crippen LogP contribution in [0.3, 0.4) is 0 Å². The van der Waals surface area contributed by atoms with Gasteiger partial charge in [0.05, 0.1) is 11.4 Å². The minimum Gasteiger partial charge on any atom is -0.310 e. The zero-order chi connectivity index (χ0) is 34.5. The van der Waals surface area contributed by atoms with Crippen LogP contribution in [-0.4, -0.2) is 11.0 Å². The molecule has 0 radical (unpaired) electrons. The summed E-state index contributed by atoms with van der Waals surface area (Å²) in [5.41, 5.74) is 10.8. The van der Waals surface area contributed by atoms with Gasteiger partial charge in [-0.25, -0.2) is 0 Å². The second kappa shape index (κ2) is 10.7. The average Bonchev–Trinajstić information content (AvgIpc) is 3.32. The molecule has 0 saturated carbocycles. The highest BCUT2D eigenvalue weighted by atomic mass is 31.2. The van der Waals surface area contributed by atoms with Crippen LogP contribution in [-0.2, 0) is 25.0 Å². The van der Waals surface area contributed by atoms with Crippen molar-refractivity contribution in [3.05, 3.63) is 144 Å². The van der Waals surface area contributed by atoms with E-state index in [4.69, 9.17) is 0 Å². The molecule has 4 nitrogen and oxygen atoms in total. The van der Waals surface area contributed by atoms with Gasteiger partial charge in [-0.1, -0.05) is 107 Å². The lowest BCUT2D eigenvalue weighted by Crippen LogP contribution is -2.30. The molecule has 8 rings (SSSR count). The second-order valence-corrected chi connectivity index (χ2v) is 17.5. The number of rotatable bonds is 5. The van der Waals surface area contributed by atoms with Gasteiger partial charge in [-0.2, -0.15) is 0 Å². The fourth-order valence-electron chi connectivity index (χ4n) is 8.16. The summed E-state index contributed by atoms with van der Waals surface area (Å²) in [4.78, 5) is 27.3. The van der Waals surface area contributed by atoms with Gasteiger partial charge >= 0.3 is 0 Å². The van der Waals surface area contributed by atoms with E-state index in [0.717, 1.165) is 39.1 Å². The second-order valence-electron chi connectivity index (χ2n) is 14.5. The molecule has 0 saturated heterocycles. The van der Waals surface area contributed by atoms with Gasteiger partial charge in [0.15, 0.2) is 11.0 Å². The molecular weight excluding hydrogens is 621 g/mol. The largest absolute Gasteiger partial charge is 0.310 e. The van der Waals surface area contributed by atoms with Crippen LogP contribution >= 0.6 is 7.14 Å². The van der Waals surface area contributed by atoms with Gasteiger partial charge in [-0.3, -0.25) is 9.59 Å². The fraction of sp³-hybridized carbons (Fsp3) is 0.182. The van der Waals surface area contributed by atoms with Gasteiger partial charge in [-0.05, 0) is 97.7 Å². The van der Waals surface area contributed by atoms with Crippen LogP contribution in [0.15, 0.2) is 121 Å². The van der Waals surface area contributed by atoms with Crippen molar-refractivity contribution in [3.8, 4) is 22.3 Å². The Morgan fingerprint density at radius 2 is 1.08 bits per heavy atom. The van der Waals surface area contributed by atoms with E-state index in [1.54, 1.807) is 6.07 Å². The van der Waals surface area contributed by atoms with E-state index in [9.17, 15) is 14.2 Å². The molecule has 6 aromatic rings. The lowest BCUT2D eigenvalue weighted by molar-refractivity contribution is -0.112. The van der Waals surface area contributed by atoms with E-state index in [-0.39, 0.29) is 5.41 Å². The predicted molar refractivity (Wildman–Crippen MR) is 202 cm³/mol. The maximum Gasteiger partial charge on any atom is 0.238 e. The summed E-state index contributed by atoms with van der Waals surface area (Å²) in [5.74, 6) is 0. The van der Waals surface area contributed by atoms with Crippen LogP contribution in [0.1, 0.15) is 63.8 Å². The highest BCUT2D eigenvalue weighted by molar-refractivity contribution is 7.99. The maximum absolute atomic E-state index is 13.7. The van der Waals surface area contributed by atoms with Gasteiger partial charge < -0.3 is 9.46 Å². The van der Waals surface area contributed by atoms with Crippen molar-refractivity contribution in [2.24, 2.45) is 0 Å². The molecule has 1 aliphatic carbocycles. The van der Waals surface area contributed by atoms with Gasteiger partial charge in [0.25, 0.3) is 0 Å². The van der Waals surface area contributed by atoms with Crippen LogP contribution in [0.25, 0.3) is 33.0 Å². The molecule has 0 N–H and O–H groups in total. The minimum atomic E-state index is -3.83. The van der Waals surface area contributed by atoms with Gasteiger partial charge in [-0.15, -0.1) is 0 Å². The molecule has 0 bridgehead atoms. The van der Waals surface area contributed by atoms with Crippen LogP contribution in [0.5, 0.6) is 0 Å². The van der Waals surface area contributed by atoms with Crippen LogP contribution in [0, 0.1) is 0 Å². The molecule has 0 atom stereocenters. The number of benzene rings is 6. The first-order chi connectivity index (χ1) is 23.3. The lowest BCUT2D eigenvalue weighted by atomic mass is 9.72. The molecule has 0 aromatic heterocycles. The molecule has 242 valence electrons. The van der Waals surface area contributed by atoms with Crippen molar-refractivity contribution in [2.75, 3.05) is 4.90 Å². The number of carbonyl (C=O) groups excluding carboxylic acids is 2. The standard InChI is InChI=1S/C44H38NO3P/c1-27(46)49(48,28(2)47)34-19-21-36-35-20-16-31(24-38(35)44(5,6)39(36)26-34)32-17-22-42-40(25-32)43(3,4)37-13-9-10-14-41(37)45(42)33-18-15-29-11-7-8-12-30(29)23-33/h7-26H,1-6H3. The maximum atomic E-state index is 13.7. The van der Waals surface area contributed by atoms with Crippen molar-refractivity contribution in [1.82, 2.24) is 0 Å². The zero-order valence-electron chi connectivity index (χ0n) is 28.7. The van der Waals surface area contributed by atoms with Crippen LogP contribution < -0.4 is 10.2 Å². The van der Waals surface area contributed by atoms with E-state index in [1.165, 1.54) is 47.1 Å². The zero-order valence-corrected chi connectivity index (χ0v) is 29.6. The normalized spacial score (nSPS) is 15.3. The van der Waals surface area contributed by atoms with Gasteiger partial charge in [0.2, 0.25) is 7.14 Å². The third-order valence-corrected chi connectivity index (χ3v) is 13.7. The first-order valence-corrected chi connectivity index (χ1v) is 18.5. The minimum absolute atomic E-state index is 0.237. The summed E-state index contributed by atoms with van der Waals surface area (Å²) in [6.07, 6.45) is 0. The Labute approximate surface area is 287 Å². The molecule has 0 unspecified atom stereocenters. The molecule has 0 amide bonds.